The summed E-state index contributed by atoms with van der Waals surface area (Å²) in [6.45, 7) is 5.76. The van der Waals surface area contributed by atoms with E-state index in [4.69, 9.17) is 16.3 Å². The van der Waals surface area contributed by atoms with Crippen molar-refractivity contribution in [1.82, 2.24) is 14.1 Å². The molecule has 184 valence electrons. The molecule has 0 radical (unpaired) electrons. The third-order valence-electron chi connectivity index (χ3n) is 7.37. The maximum Gasteiger partial charge on any atom is 0.409 e. The predicted molar refractivity (Wildman–Crippen MR) is 129 cm³/mol. The van der Waals surface area contributed by atoms with Gasteiger partial charge in [-0.15, -0.1) is 0 Å². The van der Waals surface area contributed by atoms with Gasteiger partial charge in [-0.25, -0.2) is 13.2 Å². The Bertz CT molecular complexity index is 897. The molecule has 3 saturated heterocycles. The summed E-state index contributed by atoms with van der Waals surface area (Å²) in [7, 11) is -3.71. The molecule has 3 aliphatic rings. The van der Waals surface area contributed by atoms with Crippen LogP contribution < -0.4 is 0 Å². The summed E-state index contributed by atoms with van der Waals surface area (Å²) < 4.78 is 34.0. The molecule has 3 fully saturated rings. The molecule has 0 aromatic heterocycles. The van der Waals surface area contributed by atoms with E-state index in [0.717, 1.165) is 25.7 Å². The summed E-state index contributed by atoms with van der Waals surface area (Å²) in [6, 6.07) is 6.31. The average Bonchev–Trinajstić information content (AvgIpc) is 2.83. The highest BCUT2D eigenvalue weighted by Gasteiger charge is 2.39. The molecule has 2 atom stereocenters. The van der Waals surface area contributed by atoms with E-state index >= 15 is 0 Å². The van der Waals surface area contributed by atoms with Crippen molar-refractivity contribution < 1.29 is 17.9 Å². The largest absolute Gasteiger partial charge is 0.448 e. The average molecular weight is 498 g/mol. The first-order valence-corrected chi connectivity index (χ1v) is 14.1. The predicted octanol–water partition coefficient (Wildman–Crippen LogP) is 4.36. The first-order valence-electron chi connectivity index (χ1n) is 12.3. The summed E-state index contributed by atoms with van der Waals surface area (Å²) in [5, 5.41) is 0.496. The van der Waals surface area contributed by atoms with E-state index in [1.165, 1.54) is 48.8 Å². The van der Waals surface area contributed by atoms with Gasteiger partial charge >= 0.3 is 6.09 Å². The number of hydrogen-bond acceptors (Lipinski definition) is 5. The van der Waals surface area contributed by atoms with E-state index in [0.29, 0.717) is 30.6 Å². The SMILES string of the molecule is CC1CCC[C@@H](COC(=O)N2CCC(N3CCCCC3)CC2)N1S(=O)(=O)c1ccc(Cl)cc1. The number of sulfonamides is 1. The summed E-state index contributed by atoms with van der Waals surface area (Å²) in [5.41, 5.74) is 0. The van der Waals surface area contributed by atoms with Crippen LogP contribution in [0.5, 0.6) is 0 Å². The third-order valence-corrected chi connectivity index (χ3v) is 9.70. The Morgan fingerprint density at radius 2 is 1.64 bits per heavy atom. The Balaban J connectivity index is 1.34. The van der Waals surface area contributed by atoms with Gasteiger partial charge in [0.05, 0.1) is 10.9 Å². The van der Waals surface area contributed by atoms with Crippen LogP contribution in [0.1, 0.15) is 58.3 Å². The molecule has 0 aliphatic carbocycles. The molecule has 7 nitrogen and oxygen atoms in total. The number of benzene rings is 1. The Kier molecular flexibility index (Phi) is 8.20. The van der Waals surface area contributed by atoms with Gasteiger partial charge in [-0.2, -0.15) is 4.31 Å². The maximum atomic E-state index is 13.4. The molecule has 0 spiro atoms. The molecule has 0 saturated carbocycles. The zero-order chi connectivity index (χ0) is 23.4. The summed E-state index contributed by atoms with van der Waals surface area (Å²) in [6.07, 6.45) is 7.90. The Hall–Kier alpha value is -1.35. The van der Waals surface area contributed by atoms with Crippen LogP contribution in [-0.4, -0.2) is 79.5 Å². The van der Waals surface area contributed by atoms with E-state index in [2.05, 4.69) is 4.90 Å². The number of rotatable bonds is 5. The van der Waals surface area contributed by atoms with E-state index in [9.17, 15) is 13.2 Å². The molecule has 1 unspecified atom stereocenters. The lowest BCUT2D eigenvalue weighted by Crippen LogP contribution is -2.52. The second kappa shape index (κ2) is 10.9. The number of likely N-dealkylation sites (tertiary alicyclic amines) is 2. The lowest BCUT2D eigenvalue weighted by molar-refractivity contribution is 0.0465. The van der Waals surface area contributed by atoms with Gasteiger partial charge in [0, 0.05) is 30.2 Å². The second-order valence-corrected chi connectivity index (χ2v) is 11.9. The normalized spacial score (nSPS) is 26.3. The monoisotopic (exact) mass is 497 g/mol. The van der Waals surface area contributed by atoms with Gasteiger partial charge in [-0.1, -0.05) is 24.4 Å². The number of carbonyl (C=O) groups excluding carboxylic acids is 1. The van der Waals surface area contributed by atoms with Crippen LogP contribution >= 0.6 is 11.6 Å². The molecule has 33 heavy (non-hydrogen) atoms. The maximum absolute atomic E-state index is 13.4. The van der Waals surface area contributed by atoms with Crippen LogP contribution in [0.3, 0.4) is 0 Å². The van der Waals surface area contributed by atoms with Crippen molar-refractivity contribution in [1.29, 1.82) is 0 Å². The summed E-state index contributed by atoms with van der Waals surface area (Å²) in [5.74, 6) is 0. The van der Waals surface area contributed by atoms with Crippen LogP contribution in [0.15, 0.2) is 29.2 Å². The van der Waals surface area contributed by atoms with E-state index in [1.807, 2.05) is 6.92 Å². The van der Waals surface area contributed by atoms with Crippen LogP contribution in [0, 0.1) is 0 Å². The minimum atomic E-state index is -3.71. The molecular formula is C24H36ClN3O4S. The van der Waals surface area contributed by atoms with E-state index < -0.39 is 10.0 Å². The number of ether oxygens (including phenoxy) is 1. The molecule has 1 aromatic rings. The zero-order valence-electron chi connectivity index (χ0n) is 19.5. The van der Waals surface area contributed by atoms with Crippen molar-refractivity contribution in [2.24, 2.45) is 0 Å². The van der Waals surface area contributed by atoms with Crippen molar-refractivity contribution >= 4 is 27.7 Å². The number of nitrogens with zero attached hydrogens (tertiary/aromatic N) is 3. The molecule has 1 aromatic carbocycles. The first-order chi connectivity index (χ1) is 15.9. The van der Waals surface area contributed by atoms with Gasteiger partial charge in [0.15, 0.2) is 0 Å². The van der Waals surface area contributed by atoms with Crippen LogP contribution in [0.2, 0.25) is 5.02 Å². The molecule has 4 rings (SSSR count). The van der Waals surface area contributed by atoms with Gasteiger partial charge < -0.3 is 14.5 Å². The fraction of sp³-hybridized carbons (Fsp3) is 0.708. The highest BCUT2D eigenvalue weighted by atomic mass is 35.5. The standard InChI is InChI=1S/C24H36ClN3O4S/c1-19-6-5-7-22(28(19)33(30,31)23-10-8-20(25)9-11-23)18-32-24(29)27-16-12-21(13-17-27)26-14-3-2-4-15-26/h8-11,19,21-22H,2-7,12-18H2,1H3/t19?,22-/m0/s1. The van der Waals surface area contributed by atoms with Crippen molar-refractivity contribution in [3.05, 3.63) is 29.3 Å². The second-order valence-electron chi connectivity index (χ2n) is 9.61. The van der Waals surface area contributed by atoms with Gasteiger partial charge in [-0.3, -0.25) is 0 Å². The van der Waals surface area contributed by atoms with Gasteiger partial charge in [0.2, 0.25) is 10.0 Å². The van der Waals surface area contributed by atoms with E-state index in [1.54, 1.807) is 17.0 Å². The molecule has 3 aliphatic heterocycles. The Morgan fingerprint density at radius 3 is 2.30 bits per heavy atom. The molecule has 0 bridgehead atoms. The smallest absolute Gasteiger partial charge is 0.409 e. The van der Waals surface area contributed by atoms with Crippen LogP contribution in [0.4, 0.5) is 4.79 Å². The van der Waals surface area contributed by atoms with Gasteiger partial charge in [0.25, 0.3) is 0 Å². The lowest BCUT2D eigenvalue weighted by atomic mass is 10.00. The van der Waals surface area contributed by atoms with Crippen LogP contribution in [-0.2, 0) is 14.8 Å². The molecule has 9 heteroatoms. The number of carbonyl (C=O) groups is 1. The quantitative estimate of drug-likeness (QED) is 0.604. The lowest BCUT2D eigenvalue weighted by Gasteiger charge is -2.41. The Morgan fingerprint density at radius 1 is 0.970 bits per heavy atom. The summed E-state index contributed by atoms with van der Waals surface area (Å²) in [4.78, 5) is 17.4. The summed E-state index contributed by atoms with van der Waals surface area (Å²) >= 11 is 5.94. The number of piperidine rings is 3. The van der Waals surface area contributed by atoms with Gasteiger partial charge in [-0.05, 0) is 82.8 Å². The minimum absolute atomic E-state index is 0.0854. The van der Waals surface area contributed by atoms with Crippen molar-refractivity contribution in [2.45, 2.75) is 81.3 Å². The van der Waals surface area contributed by atoms with Gasteiger partial charge in [0.1, 0.15) is 6.61 Å². The Labute approximate surface area is 203 Å². The fourth-order valence-electron chi connectivity index (χ4n) is 5.54. The third kappa shape index (κ3) is 5.84. The number of halogens is 1. The van der Waals surface area contributed by atoms with Crippen LogP contribution in [0.25, 0.3) is 0 Å². The van der Waals surface area contributed by atoms with Crippen molar-refractivity contribution in [2.75, 3.05) is 32.8 Å². The zero-order valence-corrected chi connectivity index (χ0v) is 21.1. The first kappa shape index (κ1) is 24.8. The molecule has 3 heterocycles. The number of hydrogen-bond donors (Lipinski definition) is 0. The minimum Gasteiger partial charge on any atom is -0.448 e. The van der Waals surface area contributed by atoms with E-state index in [-0.39, 0.29) is 29.7 Å². The fourth-order valence-corrected chi connectivity index (χ4v) is 7.52. The number of amides is 1. The molecule has 0 N–H and O–H groups in total. The molecule has 1 amide bonds. The van der Waals surface area contributed by atoms with Crippen molar-refractivity contribution in [3.63, 3.8) is 0 Å². The topological polar surface area (TPSA) is 70.2 Å². The molecular weight excluding hydrogens is 462 g/mol. The van der Waals surface area contributed by atoms with Crippen molar-refractivity contribution in [3.8, 4) is 0 Å². The highest BCUT2D eigenvalue weighted by Crippen LogP contribution is 2.31. The highest BCUT2D eigenvalue weighted by molar-refractivity contribution is 7.89.